The number of methoxy groups -OCH3 is 1. The molecule has 1 N–H and O–H groups in total. The van der Waals surface area contributed by atoms with Gasteiger partial charge >= 0.3 is 0 Å². The minimum atomic E-state index is 0.158. The van der Waals surface area contributed by atoms with E-state index in [9.17, 15) is 4.79 Å². The Morgan fingerprint density at radius 2 is 2.21 bits per heavy atom. The molecule has 1 heterocycles. The molecule has 0 aromatic carbocycles. The Kier molecular flexibility index (Phi) is 8.02. The van der Waals surface area contributed by atoms with Crippen molar-refractivity contribution in [2.45, 2.75) is 32.8 Å². The second kappa shape index (κ2) is 9.28. The molecular weight excluding hydrogens is 244 g/mol. The van der Waals surface area contributed by atoms with Gasteiger partial charge in [0.15, 0.2) is 0 Å². The van der Waals surface area contributed by atoms with Crippen molar-refractivity contribution in [1.29, 1.82) is 0 Å². The topological polar surface area (TPSA) is 50.8 Å². The first-order valence-electron chi connectivity index (χ1n) is 7.22. The van der Waals surface area contributed by atoms with Gasteiger partial charge in [0, 0.05) is 33.4 Å². The highest BCUT2D eigenvalue weighted by molar-refractivity contribution is 5.78. The highest BCUT2D eigenvalue weighted by atomic mass is 16.5. The summed E-state index contributed by atoms with van der Waals surface area (Å²) in [5.41, 5.74) is 0. The SMILES string of the molecule is COCCNCC(=O)N1CCC(OCCC(C)C)C1. The molecule has 1 fully saturated rings. The summed E-state index contributed by atoms with van der Waals surface area (Å²) < 4.78 is 10.7. The maximum Gasteiger partial charge on any atom is 0.236 e. The van der Waals surface area contributed by atoms with Crippen LogP contribution in [0.3, 0.4) is 0 Å². The van der Waals surface area contributed by atoms with Crippen LogP contribution in [0.4, 0.5) is 0 Å². The van der Waals surface area contributed by atoms with Crippen molar-refractivity contribution in [3.8, 4) is 0 Å². The number of nitrogens with one attached hydrogen (secondary N) is 1. The smallest absolute Gasteiger partial charge is 0.236 e. The fourth-order valence-electron chi connectivity index (χ4n) is 2.04. The maximum absolute atomic E-state index is 11.9. The third kappa shape index (κ3) is 6.89. The van der Waals surface area contributed by atoms with Gasteiger partial charge < -0.3 is 19.7 Å². The molecule has 0 saturated carbocycles. The lowest BCUT2D eigenvalue weighted by Crippen LogP contribution is -2.38. The summed E-state index contributed by atoms with van der Waals surface area (Å²) in [6.07, 6.45) is 2.27. The van der Waals surface area contributed by atoms with Crippen LogP contribution in [0.1, 0.15) is 26.7 Å². The van der Waals surface area contributed by atoms with Crippen LogP contribution in [0, 0.1) is 5.92 Å². The highest BCUT2D eigenvalue weighted by Gasteiger charge is 2.26. The molecule has 0 bridgehead atoms. The predicted octanol–water partition coefficient (Wildman–Crippen LogP) is 0.886. The van der Waals surface area contributed by atoms with Crippen molar-refractivity contribution in [2.75, 3.05) is 46.5 Å². The molecule has 0 radical (unpaired) electrons. The van der Waals surface area contributed by atoms with Gasteiger partial charge in [-0.3, -0.25) is 4.79 Å². The normalized spacial score (nSPS) is 19.4. The number of carbonyl (C=O) groups is 1. The lowest BCUT2D eigenvalue weighted by atomic mass is 10.1. The fraction of sp³-hybridized carbons (Fsp3) is 0.929. The van der Waals surface area contributed by atoms with Crippen LogP contribution in [0.5, 0.6) is 0 Å². The van der Waals surface area contributed by atoms with Gasteiger partial charge in [0.05, 0.1) is 19.3 Å². The summed E-state index contributed by atoms with van der Waals surface area (Å²) in [7, 11) is 1.66. The molecule has 1 unspecified atom stereocenters. The fourth-order valence-corrected chi connectivity index (χ4v) is 2.04. The molecule has 1 atom stereocenters. The average molecular weight is 272 g/mol. The number of rotatable bonds is 9. The van der Waals surface area contributed by atoms with Crippen LogP contribution in [0.15, 0.2) is 0 Å². The van der Waals surface area contributed by atoms with Gasteiger partial charge in [-0.1, -0.05) is 13.8 Å². The number of amides is 1. The molecule has 1 aliphatic heterocycles. The van der Waals surface area contributed by atoms with Crippen molar-refractivity contribution in [1.82, 2.24) is 10.2 Å². The lowest BCUT2D eigenvalue weighted by Gasteiger charge is -2.17. The van der Waals surface area contributed by atoms with E-state index in [0.29, 0.717) is 25.6 Å². The second-order valence-corrected chi connectivity index (χ2v) is 5.47. The third-order valence-corrected chi connectivity index (χ3v) is 3.31. The van der Waals surface area contributed by atoms with Crippen molar-refractivity contribution >= 4 is 5.91 Å². The summed E-state index contributed by atoms with van der Waals surface area (Å²) in [5.74, 6) is 0.829. The summed E-state index contributed by atoms with van der Waals surface area (Å²) >= 11 is 0. The molecule has 1 rings (SSSR count). The van der Waals surface area contributed by atoms with Gasteiger partial charge in [-0.2, -0.15) is 0 Å². The molecule has 1 amide bonds. The number of nitrogens with zero attached hydrogens (tertiary/aromatic N) is 1. The van der Waals surface area contributed by atoms with Crippen LogP contribution in [-0.4, -0.2) is 63.4 Å². The first-order valence-corrected chi connectivity index (χ1v) is 7.22. The lowest BCUT2D eigenvalue weighted by molar-refractivity contribution is -0.129. The number of ether oxygens (including phenoxy) is 2. The number of carbonyl (C=O) groups excluding carboxylic acids is 1. The zero-order valence-corrected chi connectivity index (χ0v) is 12.5. The molecule has 1 aliphatic rings. The zero-order valence-electron chi connectivity index (χ0n) is 12.5. The molecular formula is C14H28N2O3. The van der Waals surface area contributed by atoms with Crippen LogP contribution in [-0.2, 0) is 14.3 Å². The Bertz CT molecular complexity index is 259. The largest absolute Gasteiger partial charge is 0.383 e. The standard InChI is InChI=1S/C14H28N2O3/c1-12(2)5-8-19-13-4-7-16(11-13)14(17)10-15-6-9-18-3/h12-13,15H,4-11H2,1-3H3. The molecule has 0 aromatic rings. The van der Waals surface area contributed by atoms with Gasteiger partial charge in [0.1, 0.15) is 0 Å². The van der Waals surface area contributed by atoms with E-state index in [1.165, 1.54) is 0 Å². The number of hydrogen-bond acceptors (Lipinski definition) is 4. The van der Waals surface area contributed by atoms with Gasteiger partial charge in [0.25, 0.3) is 0 Å². The van der Waals surface area contributed by atoms with Gasteiger partial charge in [-0.25, -0.2) is 0 Å². The monoisotopic (exact) mass is 272 g/mol. The van der Waals surface area contributed by atoms with E-state index in [0.717, 1.165) is 32.5 Å². The highest BCUT2D eigenvalue weighted by Crippen LogP contribution is 2.13. The van der Waals surface area contributed by atoms with Crippen LogP contribution >= 0.6 is 0 Å². The molecule has 1 saturated heterocycles. The van der Waals surface area contributed by atoms with E-state index in [4.69, 9.17) is 9.47 Å². The second-order valence-electron chi connectivity index (χ2n) is 5.47. The van der Waals surface area contributed by atoms with Crippen molar-refractivity contribution < 1.29 is 14.3 Å². The first kappa shape index (κ1) is 16.4. The van der Waals surface area contributed by atoms with Crippen LogP contribution in [0.2, 0.25) is 0 Å². The number of hydrogen-bond donors (Lipinski definition) is 1. The zero-order chi connectivity index (χ0) is 14.1. The Labute approximate surface area is 116 Å². The maximum atomic E-state index is 11.9. The van der Waals surface area contributed by atoms with Gasteiger partial charge in [-0.05, 0) is 18.8 Å². The Morgan fingerprint density at radius 3 is 2.89 bits per heavy atom. The van der Waals surface area contributed by atoms with E-state index in [1.807, 2.05) is 4.90 Å². The Morgan fingerprint density at radius 1 is 1.42 bits per heavy atom. The van der Waals surface area contributed by atoms with E-state index < -0.39 is 0 Å². The summed E-state index contributed by atoms with van der Waals surface area (Å²) in [6.45, 7) is 8.48. The minimum absolute atomic E-state index is 0.158. The van der Waals surface area contributed by atoms with E-state index in [2.05, 4.69) is 19.2 Å². The number of likely N-dealkylation sites (tertiary alicyclic amines) is 1. The Hall–Kier alpha value is -0.650. The van der Waals surface area contributed by atoms with Crippen molar-refractivity contribution in [3.63, 3.8) is 0 Å². The van der Waals surface area contributed by atoms with Crippen LogP contribution in [0.25, 0.3) is 0 Å². The minimum Gasteiger partial charge on any atom is -0.383 e. The van der Waals surface area contributed by atoms with Gasteiger partial charge in [-0.15, -0.1) is 0 Å². The molecule has 0 spiro atoms. The molecule has 19 heavy (non-hydrogen) atoms. The van der Waals surface area contributed by atoms with Gasteiger partial charge in [0.2, 0.25) is 5.91 Å². The van der Waals surface area contributed by atoms with Crippen LogP contribution < -0.4 is 5.32 Å². The molecule has 0 aliphatic carbocycles. The van der Waals surface area contributed by atoms with E-state index >= 15 is 0 Å². The first-order chi connectivity index (χ1) is 9.13. The van der Waals surface area contributed by atoms with E-state index in [1.54, 1.807) is 7.11 Å². The molecule has 5 nitrogen and oxygen atoms in total. The molecule has 112 valence electrons. The Balaban J connectivity index is 2.11. The summed E-state index contributed by atoms with van der Waals surface area (Å²) in [4.78, 5) is 13.8. The summed E-state index contributed by atoms with van der Waals surface area (Å²) in [5, 5.41) is 3.08. The van der Waals surface area contributed by atoms with E-state index in [-0.39, 0.29) is 12.0 Å². The quantitative estimate of drug-likeness (QED) is 0.633. The third-order valence-electron chi connectivity index (χ3n) is 3.31. The van der Waals surface area contributed by atoms with Crippen molar-refractivity contribution in [2.24, 2.45) is 5.92 Å². The molecule has 5 heteroatoms. The average Bonchev–Trinajstić information content (AvgIpc) is 2.83. The molecule has 0 aromatic heterocycles. The van der Waals surface area contributed by atoms with Crippen molar-refractivity contribution in [3.05, 3.63) is 0 Å². The summed E-state index contributed by atoms with van der Waals surface area (Å²) in [6, 6.07) is 0. The predicted molar refractivity (Wildman–Crippen MR) is 75.1 cm³/mol.